The van der Waals surface area contributed by atoms with Crippen LogP contribution < -0.4 is 4.74 Å². The zero-order chi connectivity index (χ0) is 16.9. The van der Waals surface area contributed by atoms with Gasteiger partial charge in [0.25, 0.3) is 5.89 Å². The van der Waals surface area contributed by atoms with Crippen LogP contribution in [0, 0.1) is 0 Å². The number of nitrogens with zero attached hydrogens (tertiary/aromatic N) is 4. The summed E-state index contributed by atoms with van der Waals surface area (Å²) in [5, 5.41) is 7.89. The van der Waals surface area contributed by atoms with Crippen LogP contribution in [0.3, 0.4) is 0 Å². The highest BCUT2D eigenvalue weighted by Gasteiger charge is 2.20. The summed E-state index contributed by atoms with van der Waals surface area (Å²) in [6, 6.07) is 7.17. The average molecular weight is 326 g/mol. The smallest absolute Gasteiger partial charge is 0.359 e. The van der Waals surface area contributed by atoms with Gasteiger partial charge in [-0.2, -0.15) is 0 Å². The molecule has 0 bridgehead atoms. The molecule has 0 saturated heterocycles. The van der Waals surface area contributed by atoms with Crippen molar-refractivity contribution in [3.63, 3.8) is 0 Å². The van der Waals surface area contributed by atoms with Crippen molar-refractivity contribution < 1.29 is 18.7 Å². The fraction of sp³-hybridized carbons (Fsp3) is 0.188. The first kappa shape index (κ1) is 15.6. The maximum Gasteiger partial charge on any atom is 0.359 e. The quantitative estimate of drug-likeness (QED) is 0.659. The van der Waals surface area contributed by atoms with Gasteiger partial charge in [-0.15, -0.1) is 10.2 Å². The zero-order valence-corrected chi connectivity index (χ0v) is 13.0. The lowest BCUT2D eigenvalue weighted by Crippen LogP contribution is -2.11. The second-order valence-electron chi connectivity index (χ2n) is 4.81. The molecule has 0 unspecified atom stereocenters. The Kier molecular flexibility index (Phi) is 4.46. The number of methoxy groups -OCH3 is 1. The van der Waals surface area contributed by atoms with Gasteiger partial charge in [-0.25, -0.2) is 9.78 Å². The van der Waals surface area contributed by atoms with E-state index in [1.54, 1.807) is 38.3 Å². The van der Waals surface area contributed by atoms with Gasteiger partial charge < -0.3 is 13.9 Å². The van der Waals surface area contributed by atoms with Crippen molar-refractivity contribution in [3.05, 3.63) is 54.4 Å². The van der Waals surface area contributed by atoms with E-state index in [9.17, 15) is 4.79 Å². The SMILES string of the molecule is COc1ccc(-c2nnc([C@H](C)OC(=O)c3cnccn3)o2)cc1. The largest absolute Gasteiger partial charge is 0.497 e. The lowest BCUT2D eigenvalue weighted by atomic mass is 10.2. The molecule has 0 spiro atoms. The predicted molar refractivity (Wildman–Crippen MR) is 82.1 cm³/mol. The standard InChI is InChI=1S/C16H14N4O4/c1-10(23-16(21)13-9-17-7-8-18-13)14-19-20-15(24-14)11-3-5-12(22-2)6-4-11/h3-10H,1-2H3/t10-/m0/s1. The molecular formula is C16H14N4O4. The molecule has 8 nitrogen and oxygen atoms in total. The number of rotatable bonds is 5. The molecule has 3 aromatic rings. The van der Waals surface area contributed by atoms with E-state index in [0.29, 0.717) is 5.89 Å². The first-order valence-corrected chi connectivity index (χ1v) is 7.12. The molecule has 8 heteroatoms. The third-order valence-corrected chi connectivity index (χ3v) is 3.18. The predicted octanol–water partition coefficient (Wildman–Crippen LogP) is 2.45. The van der Waals surface area contributed by atoms with Gasteiger partial charge in [0.1, 0.15) is 5.75 Å². The number of esters is 1. The number of carbonyl (C=O) groups is 1. The van der Waals surface area contributed by atoms with Crippen molar-refractivity contribution in [2.24, 2.45) is 0 Å². The monoisotopic (exact) mass is 326 g/mol. The van der Waals surface area contributed by atoms with Gasteiger partial charge in [-0.1, -0.05) is 0 Å². The molecule has 2 aromatic heterocycles. The Morgan fingerprint density at radius 3 is 2.62 bits per heavy atom. The number of benzene rings is 1. The highest BCUT2D eigenvalue weighted by atomic mass is 16.6. The minimum atomic E-state index is -0.709. The lowest BCUT2D eigenvalue weighted by molar-refractivity contribution is 0.0272. The van der Waals surface area contributed by atoms with Gasteiger partial charge in [0.05, 0.1) is 13.3 Å². The normalized spacial score (nSPS) is 11.8. The lowest BCUT2D eigenvalue weighted by Gasteiger charge is -2.08. The van der Waals surface area contributed by atoms with Crippen LogP contribution in [0.15, 0.2) is 47.3 Å². The molecule has 0 amide bonds. The summed E-state index contributed by atoms with van der Waals surface area (Å²) < 4.78 is 15.9. The Hall–Kier alpha value is -3.29. The molecule has 122 valence electrons. The summed E-state index contributed by atoms with van der Waals surface area (Å²) in [6.45, 7) is 1.64. The molecule has 1 aromatic carbocycles. The van der Waals surface area contributed by atoms with E-state index in [1.807, 2.05) is 0 Å². The van der Waals surface area contributed by atoms with Gasteiger partial charge in [0, 0.05) is 18.0 Å². The van der Waals surface area contributed by atoms with Crippen molar-refractivity contribution >= 4 is 5.97 Å². The van der Waals surface area contributed by atoms with Gasteiger partial charge >= 0.3 is 5.97 Å². The summed E-state index contributed by atoms with van der Waals surface area (Å²) in [5.41, 5.74) is 0.848. The van der Waals surface area contributed by atoms with Crippen LogP contribution in [-0.2, 0) is 4.74 Å². The molecule has 0 aliphatic carbocycles. The topological polar surface area (TPSA) is 100 Å². The highest BCUT2D eigenvalue weighted by Crippen LogP contribution is 2.24. The van der Waals surface area contributed by atoms with E-state index in [0.717, 1.165) is 11.3 Å². The molecule has 0 aliphatic heterocycles. The Morgan fingerprint density at radius 2 is 1.96 bits per heavy atom. The van der Waals surface area contributed by atoms with Crippen LogP contribution in [0.5, 0.6) is 5.75 Å². The Labute approximate surface area is 137 Å². The molecule has 3 rings (SSSR count). The summed E-state index contributed by atoms with van der Waals surface area (Å²) in [4.78, 5) is 19.6. The molecule has 24 heavy (non-hydrogen) atoms. The second kappa shape index (κ2) is 6.86. The third-order valence-electron chi connectivity index (χ3n) is 3.18. The Bertz CT molecular complexity index is 818. The van der Waals surface area contributed by atoms with Crippen molar-refractivity contribution in [1.29, 1.82) is 0 Å². The van der Waals surface area contributed by atoms with E-state index in [-0.39, 0.29) is 11.6 Å². The molecule has 1 atom stereocenters. The van der Waals surface area contributed by atoms with Crippen LogP contribution in [0.2, 0.25) is 0 Å². The molecule has 0 N–H and O–H groups in total. The van der Waals surface area contributed by atoms with Crippen LogP contribution in [-0.4, -0.2) is 33.2 Å². The molecule has 0 fully saturated rings. The van der Waals surface area contributed by atoms with E-state index >= 15 is 0 Å². The highest BCUT2D eigenvalue weighted by molar-refractivity contribution is 5.86. The van der Waals surface area contributed by atoms with Crippen molar-refractivity contribution in [3.8, 4) is 17.2 Å². The van der Waals surface area contributed by atoms with Gasteiger partial charge in [0.15, 0.2) is 11.8 Å². The number of carbonyl (C=O) groups excluding carboxylic acids is 1. The van der Waals surface area contributed by atoms with Crippen LogP contribution in [0.1, 0.15) is 29.4 Å². The minimum Gasteiger partial charge on any atom is -0.497 e. The molecule has 0 aliphatic rings. The molecular weight excluding hydrogens is 312 g/mol. The van der Waals surface area contributed by atoms with Crippen molar-refractivity contribution in [1.82, 2.24) is 20.2 Å². The van der Waals surface area contributed by atoms with Gasteiger partial charge in [-0.05, 0) is 31.2 Å². The van der Waals surface area contributed by atoms with E-state index in [4.69, 9.17) is 13.9 Å². The first-order valence-electron chi connectivity index (χ1n) is 7.12. The summed E-state index contributed by atoms with van der Waals surface area (Å²) >= 11 is 0. The molecule has 0 saturated carbocycles. The summed E-state index contributed by atoms with van der Waals surface area (Å²) in [7, 11) is 1.59. The van der Waals surface area contributed by atoms with Crippen LogP contribution in [0.4, 0.5) is 0 Å². The van der Waals surface area contributed by atoms with Gasteiger partial charge in [0.2, 0.25) is 5.89 Å². The molecule has 0 radical (unpaired) electrons. The maximum atomic E-state index is 11.9. The number of hydrogen-bond acceptors (Lipinski definition) is 8. The van der Waals surface area contributed by atoms with Gasteiger partial charge in [-0.3, -0.25) is 4.98 Å². The van der Waals surface area contributed by atoms with Crippen molar-refractivity contribution in [2.75, 3.05) is 7.11 Å². The van der Waals surface area contributed by atoms with E-state index in [2.05, 4.69) is 20.2 Å². The summed E-state index contributed by atoms with van der Waals surface area (Å²) in [5.74, 6) is 0.637. The first-order chi connectivity index (χ1) is 11.7. The third kappa shape index (κ3) is 3.37. The zero-order valence-electron chi connectivity index (χ0n) is 13.0. The number of hydrogen-bond donors (Lipinski definition) is 0. The Morgan fingerprint density at radius 1 is 1.17 bits per heavy atom. The number of ether oxygens (including phenoxy) is 2. The fourth-order valence-corrected chi connectivity index (χ4v) is 1.92. The van der Waals surface area contributed by atoms with Crippen molar-refractivity contribution in [2.45, 2.75) is 13.0 Å². The van der Waals surface area contributed by atoms with Crippen LogP contribution in [0.25, 0.3) is 11.5 Å². The fourth-order valence-electron chi connectivity index (χ4n) is 1.92. The average Bonchev–Trinajstić information content (AvgIpc) is 3.13. The maximum absolute atomic E-state index is 11.9. The number of aromatic nitrogens is 4. The minimum absolute atomic E-state index is 0.110. The Balaban J connectivity index is 1.71. The molecule has 2 heterocycles. The summed E-state index contributed by atoms with van der Waals surface area (Å²) in [6.07, 6.45) is 3.50. The second-order valence-corrected chi connectivity index (χ2v) is 4.81. The van der Waals surface area contributed by atoms with E-state index in [1.165, 1.54) is 18.6 Å². The van der Waals surface area contributed by atoms with Crippen LogP contribution >= 0.6 is 0 Å². The van der Waals surface area contributed by atoms with E-state index < -0.39 is 12.1 Å².